The van der Waals surface area contributed by atoms with Crippen LogP contribution in [-0.4, -0.2) is 114 Å². The van der Waals surface area contributed by atoms with Gasteiger partial charge in [0.25, 0.3) is 0 Å². The number of rotatable bonds is 13. The van der Waals surface area contributed by atoms with Gasteiger partial charge in [0.2, 0.25) is 0 Å². The number of hydrogen-bond donors (Lipinski definition) is 14. The summed E-state index contributed by atoms with van der Waals surface area (Å²) in [6.45, 7) is 0.472. The first-order valence-corrected chi connectivity index (χ1v) is 18.4. The SMILES string of the molecule is NCCO.O=P(O)(O)O[C@H]1[C@H](OP(=O)(O)O)[C@@H](OP(=O)(O)O)[C@H](OP(=O)(O)O)[C@@H](OP(=O)(O)O)[C@H]1OP(=O)(O)O. The smallest absolute Gasteiger partial charge is 0.395 e. The fraction of sp³-hybridized carbons (Fsp3) is 1.00. The molecule has 0 bridgehead atoms. The van der Waals surface area contributed by atoms with Crippen LogP contribution >= 0.6 is 46.9 Å². The lowest BCUT2D eigenvalue weighted by Crippen LogP contribution is -2.66. The van der Waals surface area contributed by atoms with Crippen LogP contribution in [0.25, 0.3) is 0 Å². The summed E-state index contributed by atoms with van der Waals surface area (Å²) in [7, 11) is -36.1. The molecule has 0 amide bonds. The van der Waals surface area contributed by atoms with Crippen LogP contribution in [0.4, 0.5) is 0 Å². The third-order valence-electron chi connectivity index (χ3n) is 3.63. The average molecular weight is 721 g/mol. The molecular weight excluding hydrogens is 696 g/mol. The van der Waals surface area contributed by atoms with E-state index in [4.69, 9.17) is 69.6 Å². The van der Waals surface area contributed by atoms with Crippen LogP contribution in [0.1, 0.15) is 0 Å². The highest BCUT2D eigenvalue weighted by Crippen LogP contribution is 2.57. The molecule has 0 saturated heterocycles. The summed E-state index contributed by atoms with van der Waals surface area (Å²) in [5, 5.41) is 7.75. The number of aliphatic hydroxyl groups excluding tert-OH is 1. The second-order valence-corrected chi connectivity index (χ2v) is 14.0. The third-order valence-corrected chi connectivity index (χ3v) is 6.73. The van der Waals surface area contributed by atoms with Crippen molar-refractivity contribution < 1.29 is 118 Å². The van der Waals surface area contributed by atoms with Crippen LogP contribution < -0.4 is 5.73 Å². The summed E-state index contributed by atoms with van der Waals surface area (Å²) in [5.41, 5.74) is 4.78. The monoisotopic (exact) mass is 721 g/mol. The highest BCUT2D eigenvalue weighted by molar-refractivity contribution is 7.47. The lowest BCUT2D eigenvalue weighted by molar-refractivity contribution is -0.202. The molecule has 0 aromatic rings. The van der Waals surface area contributed by atoms with Crippen molar-refractivity contribution in [1.29, 1.82) is 0 Å². The topological polar surface area (TPSA) is 447 Å². The molecule has 40 heavy (non-hydrogen) atoms. The van der Waals surface area contributed by atoms with E-state index in [0.717, 1.165) is 0 Å². The Morgan fingerprint density at radius 2 is 0.500 bits per heavy atom. The normalized spacial score (nSPS) is 27.1. The highest BCUT2D eigenvalue weighted by atomic mass is 31.2. The molecule has 1 saturated carbocycles. The first-order valence-electron chi connectivity index (χ1n) is 9.23. The molecule has 0 unspecified atom stereocenters. The predicted octanol–water partition coefficient (Wildman–Crippen LogP) is -4.20. The molecule has 242 valence electrons. The van der Waals surface area contributed by atoms with Crippen LogP contribution in [0.15, 0.2) is 0 Å². The molecule has 1 aliphatic rings. The Balaban J connectivity index is 0.00000354. The van der Waals surface area contributed by atoms with E-state index in [0.29, 0.717) is 6.54 Å². The molecule has 1 rings (SSSR count). The van der Waals surface area contributed by atoms with Gasteiger partial charge in [-0.25, -0.2) is 27.4 Å². The largest absolute Gasteiger partial charge is 0.470 e. The number of hydrogen-bond acceptors (Lipinski definition) is 14. The minimum absolute atomic E-state index is 0.0972. The number of phosphoric acid groups is 6. The van der Waals surface area contributed by atoms with E-state index in [9.17, 15) is 27.4 Å². The lowest BCUT2D eigenvalue weighted by Gasteiger charge is -2.48. The van der Waals surface area contributed by atoms with E-state index in [1.165, 1.54) is 0 Å². The second kappa shape index (κ2) is 15.0. The van der Waals surface area contributed by atoms with Gasteiger partial charge in [-0.3, -0.25) is 27.1 Å². The summed E-state index contributed by atoms with van der Waals surface area (Å²) in [4.78, 5) is 110. The number of nitrogens with two attached hydrogens (primary N) is 1. The molecule has 0 aromatic carbocycles. The summed E-state index contributed by atoms with van der Waals surface area (Å²) >= 11 is 0. The predicted molar refractivity (Wildman–Crippen MR) is 118 cm³/mol. The number of aliphatic hydroxyl groups is 1. The quantitative estimate of drug-likeness (QED) is 0.0802. The molecule has 32 heteroatoms. The van der Waals surface area contributed by atoms with Crippen molar-refractivity contribution in [3.05, 3.63) is 0 Å². The molecule has 26 nitrogen and oxygen atoms in total. The van der Waals surface area contributed by atoms with E-state index >= 15 is 0 Å². The van der Waals surface area contributed by atoms with Gasteiger partial charge < -0.3 is 69.6 Å². The molecular formula is C8H25NO25P6. The van der Waals surface area contributed by atoms with Crippen molar-refractivity contribution in [3.63, 3.8) is 0 Å². The Morgan fingerprint density at radius 3 is 0.550 bits per heavy atom. The van der Waals surface area contributed by atoms with Gasteiger partial charge in [-0.2, -0.15) is 0 Å². The summed E-state index contributed by atoms with van der Waals surface area (Å²) in [6.07, 6.45) is -18.9. The maximum Gasteiger partial charge on any atom is 0.470 e. The van der Waals surface area contributed by atoms with E-state index < -0.39 is 83.6 Å². The van der Waals surface area contributed by atoms with Gasteiger partial charge >= 0.3 is 46.9 Å². The molecule has 0 radical (unpaired) electrons. The standard InChI is InChI=1S/C6H18O24P6.C2H7NO/c7-31(8,9)25-1-2(26-32(10,11)12)4(28-34(16,17)18)6(30-36(22,23)24)5(29-35(19,20)21)3(1)27-33(13,14)15;3-1-2-4/h1-6H,(H2,7,8,9)(H2,10,11,12)(H2,13,14,15)(H2,16,17,18)(H2,19,20,21)(H2,22,23,24);4H,1-3H2/t1-,2-,3-,4+,5-,6-;. The molecule has 15 N–H and O–H groups in total. The fourth-order valence-corrected chi connectivity index (χ4v) is 6.14. The average Bonchev–Trinajstić information content (AvgIpc) is 2.65. The number of phosphoric ester groups is 6. The Labute approximate surface area is 221 Å². The van der Waals surface area contributed by atoms with Crippen molar-refractivity contribution in [2.45, 2.75) is 36.6 Å². The molecule has 0 heterocycles. The maximum absolute atomic E-state index is 11.4. The maximum atomic E-state index is 11.4. The van der Waals surface area contributed by atoms with Crippen molar-refractivity contribution in [1.82, 2.24) is 0 Å². The summed E-state index contributed by atoms with van der Waals surface area (Å²) < 4.78 is 93.1. The Morgan fingerprint density at radius 1 is 0.400 bits per heavy atom. The van der Waals surface area contributed by atoms with Gasteiger partial charge in [-0.1, -0.05) is 0 Å². The minimum atomic E-state index is -6.02. The molecule has 0 atom stereocenters. The second-order valence-electron chi connectivity index (χ2n) is 6.88. The minimum Gasteiger partial charge on any atom is -0.395 e. The van der Waals surface area contributed by atoms with Gasteiger partial charge in [-0.05, 0) is 0 Å². The van der Waals surface area contributed by atoms with Crippen LogP contribution in [0.2, 0.25) is 0 Å². The van der Waals surface area contributed by atoms with E-state index in [1.807, 2.05) is 0 Å². The zero-order valence-corrected chi connectivity index (χ0v) is 24.2. The highest BCUT2D eigenvalue weighted by Gasteiger charge is 2.62. The van der Waals surface area contributed by atoms with Crippen LogP contribution in [0, 0.1) is 0 Å². The molecule has 0 aliphatic heterocycles. The third kappa shape index (κ3) is 17.6. The van der Waals surface area contributed by atoms with Gasteiger partial charge in [0.15, 0.2) is 0 Å². The van der Waals surface area contributed by atoms with Crippen molar-refractivity contribution in [3.8, 4) is 0 Å². The lowest BCUT2D eigenvalue weighted by atomic mass is 9.85. The van der Waals surface area contributed by atoms with Crippen molar-refractivity contribution >= 4 is 46.9 Å². The summed E-state index contributed by atoms with van der Waals surface area (Å²) in [6, 6.07) is 0. The Bertz CT molecular complexity index is 859. The van der Waals surface area contributed by atoms with Crippen LogP contribution in [0.5, 0.6) is 0 Å². The first kappa shape index (κ1) is 40.6. The van der Waals surface area contributed by atoms with Crippen LogP contribution in [0.3, 0.4) is 0 Å². The van der Waals surface area contributed by atoms with Gasteiger partial charge in [-0.15, -0.1) is 0 Å². The van der Waals surface area contributed by atoms with Crippen LogP contribution in [-0.2, 0) is 54.5 Å². The zero-order valence-electron chi connectivity index (χ0n) is 18.9. The Hall–Kier alpha value is 0.580. The van der Waals surface area contributed by atoms with Gasteiger partial charge in [0.1, 0.15) is 36.6 Å². The zero-order chi connectivity index (χ0) is 32.1. The van der Waals surface area contributed by atoms with E-state index in [-0.39, 0.29) is 6.61 Å². The Kier molecular flexibility index (Phi) is 15.3. The molecule has 1 fully saturated rings. The molecule has 0 spiro atoms. The molecule has 0 aromatic heterocycles. The fourth-order valence-electron chi connectivity index (χ4n) is 2.79. The van der Waals surface area contributed by atoms with Crippen molar-refractivity contribution in [2.24, 2.45) is 5.73 Å². The van der Waals surface area contributed by atoms with Gasteiger partial charge in [0.05, 0.1) is 6.61 Å². The van der Waals surface area contributed by atoms with Gasteiger partial charge in [0, 0.05) is 6.54 Å². The summed E-state index contributed by atoms with van der Waals surface area (Å²) in [5.74, 6) is 0. The first-order chi connectivity index (χ1) is 17.5. The van der Waals surface area contributed by atoms with E-state index in [2.05, 4.69) is 27.1 Å². The molecule has 1 aliphatic carbocycles. The van der Waals surface area contributed by atoms with E-state index in [1.54, 1.807) is 0 Å². The van der Waals surface area contributed by atoms with Crippen molar-refractivity contribution in [2.75, 3.05) is 13.2 Å².